The van der Waals surface area contributed by atoms with Crippen molar-refractivity contribution in [1.82, 2.24) is 10.6 Å². The van der Waals surface area contributed by atoms with Crippen LogP contribution in [0, 0.1) is 23.7 Å². The van der Waals surface area contributed by atoms with E-state index >= 15 is 0 Å². The molecule has 5 N–H and O–H groups in total. The van der Waals surface area contributed by atoms with E-state index in [-0.39, 0.29) is 30.1 Å². The molecule has 0 radical (unpaired) electrons. The number of carbonyl (C=O) groups is 3. The van der Waals surface area contributed by atoms with Gasteiger partial charge < -0.3 is 26.4 Å². The molecular weight excluding hydrogens is 489 g/mol. The fraction of sp³-hybridized carbons (Fsp3) is 0.654. The second-order valence-corrected chi connectivity index (χ2v) is 11.5. The Morgan fingerprint density at radius 1 is 1.14 bits per heavy atom. The lowest BCUT2D eigenvalue weighted by Gasteiger charge is -2.29. The van der Waals surface area contributed by atoms with Gasteiger partial charge >= 0.3 is 12.3 Å². The summed E-state index contributed by atoms with van der Waals surface area (Å²) in [7, 11) is 0. The van der Waals surface area contributed by atoms with Crippen molar-refractivity contribution in [3.63, 3.8) is 0 Å². The van der Waals surface area contributed by atoms with Crippen LogP contribution in [0.2, 0.25) is 0 Å². The van der Waals surface area contributed by atoms with Crippen molar-refractivity contribution < 1.29 is 32.3 Å². The summed E-state index contributed by atoms with van der Waals surface area (Å²) in [6, 6.07) is 2.09. The molecule has 1 saturated heterocycles. The topological polar surface area (TPSA) is 123 Å². The third-order valence-electron chi connectivity index (χ3n) is 7.13. The van der Waals surface area contributed by atoms with Crippen molar-refractivity contribution in [2.75, 3.05) is 11.1 Å². The Balaban J connectivity index is 1.49. The molecule has 1 heterocycles. The lowest BCUT2D eigenvalue weighted by atomic mass is 9.88. The molecule has 0 aromatic heterocycles. The largest absolute Gasteiger partial charge is 0.444 e. The molecule has 1 aromatic rings. The first-order chi connectivity index (χ1) is 17.2. The maximum absolute atomic E-state index is 13.5. The van der Waals surface area contributed by atoms with Crippen LogP contribution in [0.1, 0.15) is 58.4 Å². The zero-order valence-electron chi connectivity index (χ0n) is 21.3. The summed E-state index contributed by atoms with van der Waals surface area (Å²) < 4.78 is 44.5. The Kier molecular flexibility index (Phi) is 7.36. The molecule has 0 spiro atoms. The first-order valence-corrected chi connectivity index (χ1v) is 12.8. The highest BCUT2D eigenvalue weighted by atomic mass is 19.4. The van der Waals surface area contributed by atoms with E-state index in [0.717, 1.165) is 25.7 Å². The Labute approximate surface area is 214 Å². The maximum atomic E-state index is 13.5. The first-order valence-electron chi connectivity index (χ1n) is 12.8. The monoisotopic (exact) mass is 524 g/mol. The number of nitrogens with two attached hydrogens (primary N) is 1. The minimum atomic E-state index is -4.50. The van der Waals surface area contributed by atoms with E-state index in [2.05, 4.69) is 10.6 Å². The molecule has 11 heteroatoms. The predicted molar refractivity (Wildman–Crippen MR) is 131 cm³/mol. The van der Waals surface area contributed by atoms with Crippen LogP contribution in [-0.2, 0) is 20.7 Å². The number of carbonyl (C=O) groups excluding carboxylic acids is 3. The lowest BCUT2D eigenvalue weighted by molar-refractivity contribution is -0.154. The van der Waals surface area contributed by atoms with Gasteiger partial charge in [-0.1, -0.05) is 6.07 Å². The number of benzene rings is 1. The number of alkyl carbamates (subject to hydrolysis) is 1. The van der Waals surface area contributed by atoms with Gasteiger partial charge in [-0.2, -0.15) is 13.2 Å². The Hall–Kier alpha value is -2.98. The van der Waals surface area contributed by atoms with Crippen LogP contribution in [0.3, 0.4) is 0 Å². The number of nitrogens with one attached hydrogen (secondary N) is 3. The smallest absolute Gasteiger partial charge is 0.408 e. The van der Waals surface area contributed by atoms with Gasteiger partial charge in [0.05, 0.1) is 11.4 Å². The van der Waals surface area contributed by atoms with Gasteiger partial charge in [-0.3, -0.25) is 9.59 Å². The van der Waals surface area contributed by atoms with Crippen LogP contribution >= 0.6 is 0 Å². The SMILES string of the molecule is CC(C)(C)OC(=O)N[C@H](C(=O)Nc1cc(CC2CC(C(F)(F)F)NC2=O)ccc1N)C(C1CC1)C1CC1. The van der Waals surface area contributed by atoms with Crippen LogP contribution in [-0.4, -0.2) is 41.8 Å². The van der Waals surface area contributed by atoms with Gasteiger partial charge in [0, 0.05) is 5.92 Å². The second-order valence-electron chi connectivity index (χ2n) is 11.5. The molecule has 2 unspecified atom stereocenters. The van der Waals surface area contributed by atoms with E-state index in [9.17, 15) is 27.6 Å². The van der Waals surface area contributed by atoms with Crippen molar-refractivity contribution in [1.29, 1.82) is 0 Å². The minimum Gasteiger partial charge on any atom is -0.444 e. The summed E-state index contributed by atoms with van der Waals surface area (Å²) in [5.74, 6) is -1.22. The van der Waals surface area contributed by atoms with Gasteiger partial charge in [0.2, 0.25) is 11.8 Å². The van der Waals surface area contributed by atoms with E-state index in [0.29, 0.717) is 17.4 Å². The highest BCUT2D eigenvalue weighted by Gasteiger charge is 2.49. The quantitative estimate of drug-likeness (QED) is 0.381. The third-order valence-corrected chi connectivity index (χ3v) is 7.13. The van der Waals surface area contributed by atoms with Gasteiger partial charge in [0.25, 0.3) is 0 Å². The van der Waals surface area contributed by atoms with Crippen LogP contribution in [0.15, 0.2) is 18.2 Å². The van der Waals surface area contributed by atoms with Crippen LogP contribution < -0.4 is 21.7 Å². The second kappa shape index (κ2) is 10.1. The average molecular weight is 525 g/mol. The Bertz CT molecular complexity index is 1040. The Morgan fingerprint density at radius 2 is 1.76 bits per heavy atom. The predicted octanol–water partition coefficient (Wildman–Crippen LogP) is 4.15. The van der Waals surface area contributed by atoms with Crippen molar-refractivity contribution in [2.24, 2.45) is 23.7 Å². The fourth-order valence-corrected chi connectivity index (χ4v) is 5.13. The van der Waals surface area contributed by atoms with Gasteiger partial charge in [-0.15, -0.1) is 0 Å². The molecule has 3 atom stereocenters. The summed E-state index contributed by atoms with van der Waals surface area (Å²) in [5.41, 5.74) is 6.51. The number of hydrogen-bond donors (Lipinski definition) is 4. The lowest BCUT2D eigenvalue weighted by Crippen LogP contribution is -2.51. The molecule has 3 aliphatic rings. The third kappa shape index (κ3) is 7.07. The number of halogens is 3. The summed E-state index contributed by atoms with van der Waals surface area (Å²) >= 11 is 0. The molecule has 4 rings (SSSR count). The van der Waals surface area contributed by atoms with E-state index in [1.54, 1.807) is 39.0 Å². The summed E-state index contributed by atoms with van der Waals surface area (Å²) in [6.07, 6.45) is -1.44. The minimum absolute atomic E-state index is 0.0154. The van der Waals surface area contributed by atoms with Gasteiger partial charge in [-0.25, -0.2) is 4.79 Å². The van der Waals surface area contributed by atoms with Gasteiger partial charge in [0.15, 0.2) is 0 Å². The molecule has 3 amide bonds. The van der Waals surface area contributed by atoms with Crippen molar-refractivity contribution >= 4 is 29.3 Å². The zero-order valence-corrected chi connectivity index (χ0v) is 21.3. The van der Waals surface area contributed by atoms with Crippen molar-refractivity contribution in [3.05, 3.63) is 23.8 Å². The number of alkyl halides is 3. The highest BCUT2D eigenvalue weighted by Crippen LogP contribution is 2.51. The molecule has 0 bridgehead atoms. The van der Waals surface area contributed by atoms with Crippen LogP contribution in [0.4, 0.5) is 29.3 Å². The molecule has 1 aliphatic heterocycles. The maximum Gasteiger partial charge on any atom is 0.408 e. The highest BCUT2D eigenvalue weighted by molar-refractivity contribution is 5.99. The number of anilines is 2. The normalized spacial score (nSPS) is 22.9. The molecule has 2 saturated carbocycles. The van der Waals surface area contributed by atoms with Crippen molar-refractivity contribution in [2.45, 2.75) is 83.2 Å². The van der Waals surface area contributed by atoms with Crippen LogP contribution in [0.25, 0.3) is 0 Å². The summed E-state index contributed by atoms with van der Waals surface area (Å²) in [5, 5.41) is 7.61. The first kappa shape index (κ1) is 27.1. The van der Waals surface area contributed by atoms with Crippen molar-refractivity contribution in [3.8, 4) is 0 Å². The zero-order chi connectivity index (χ0) is 27.1. The molecular formula is C26H35F3N4O4. The van der Waals surface area contributed by atoms with E-state index in [1.807, 2.05) is 5.32 Å². The van der Waals surface area contributed by atoms with E-state index in [4.69, 9.17) is 10.5 Å². The van der Waals surface area contributed by atoms with Gasteiger partial charge in [0.1, 0.15) is 17.7 Å². The molecule has 1 aromatic carbocycles. The number of amides is 3. The number of hydrogen-bond acceptors (Lipinski definition) is 5. The summed E-state index contributed by atoms with van der Waals surface area (Å²) in [6.45, 7) is 5.23. The van der Waals surface area contributed by atoms with Crippen LogP contribution in [0.5, 0.6) is 0 Å². The average Bonchev–Trinajstić information content (AvgIpc) is 3.69. The molecule has 37 heavy (non-hydrogen) atoms. The Morgan fingerprint density at radius 3 is 2.27 bits per heavy atom. The number of nitrogen functional groups attached to an aromatic ring is 1. The van der Waals surface area contributed by atoms with Gasteiger partial charge in [-0.05, 0) is 94.7 Å². The van der Waals surface area contributed by atoms with E-state index < -0.39 is 47.7 Å². The van der Waals surface area contributed by atoms with E-state index in [1.165, 1.54) is 0 Å². The standard InChI is InChI=1S/C26H35F3N4O4/c1-25(2,3)37-24(36)33-21(20(14-5-6-14)15-7-8-15)23(35)31-18-11-13(4-9-17(18)30)10-16-12-19(26(27,28)29)32-22(16)34/h4,9,11,14-16,19-21H,5-8,10,12,30H2,1-3H3,(H,31,35)(H,32,34)(H,33,36)/t16?,19?,21-/m0/s1. The number of ether oxygens (including phenoxy) is 1. The fourth-order valence-electron chi connectivity index (χ4n) is 5.13. The molecule has 8 nitrogen and oxygen atoms in total. The number of rotatable bonds is 8. The molecule has 3 fully saturated rings. The summed E-state index contributed by atoms with van der Waals surface area (Å²) in [4.78, 5) is 38.2. The molecule has 204 valence electrons. The molecule has 2 aliphatic carbocycles.